The van der Waals surface area contributed by atoms with Gasteiger partial charge in [0.2, 0.25) is 5.91 Å². The van der Waals surface area contributed by atoms with Gasteiger partial charge in [0.1, 0.15) is 6.04 Å². The third-order valence-electron chi connectivity index (χ3n) is 4.41. The molecule has 0 spiro atoms. The molecule has 0 radical (unpaired) electrons. The van der Waals surface area contributed by atoms with Crippen molar-refractivity contribution < 1.29 is 14.1 Å². The Morgan fingerprint density at radius 2 is 1.87 bits per heavy atom. The van der Waals surface area contributed by atoms with Gasteiger partial charge in [-0.25, -0.2) is 0 Å². The fourth-order valence-corrected chi connectivity index (χ4v) is 3.12. The Morgan fingerprint density at radius 1 is 1.10 bits per heavy atom. The minimum absolute atomic E-state index is 0.155. The standard InChI is InChI=1S/C21H20Cl2N4O3/c22-19(23)21(29)27(16-8-4-7-15(13-16)17-9-10-26-30-17)12-11-25-20(28)18(24)14-5-2-1-3-6-14/h1-10,13,18-19H,11-12,24H2,(H,25,28). The van der Waals surface area contributed by atoms with E-state index in [1.54, 1.807) is 36.4 Å². The predicted molar refractivity (Wildman–Crippen MR) is 116 cm³/mol. The van der Waals surface area contributed by atoms with Gasteiger partial charge in [-0.1, -0.05) is 70.8 Å². The number of hydrogen-bond acceptors (Lipinski definition) is 5. The molecule has 2 amide bonds. The monoisotopic (exact) mass is 446 g/mol. The zero-order chi connectivity index (χ0) is 21.5. The molecule has 0 saturated heterocycles. The Labute approximate surface area is 183 Å². The van der Waals surface area contributed by atoms with E-state index in [4.69, 9.17) is 33.5 Å². The summed E-state index contributed by atoms with van der Waals surface area (Å²) in [6.07, 6.45) is 1.53. The van der Waals surface area contributed by atoms with Crippen LogP contribution in [-0.4, -0.2) is 34.9 Å². The van der Waals surface area contributed by atoms with Crippen molar-refractivity contribution in [2.75, 3.05) is 18.0 Å². The first-order valence-electron chi connectivity index (χ1n) is 9.16. The first-order chi connectivity index (χ1) is 14.5. The van der Waals surface area contributed by atoms with Crippen molar-refractivity contribution in [3.63, 3.8) is 0 Å². The van der Waals surface area contributed by atoms with Crippen LogP contribution in [0.3, 0.4) is 0 Å². The summed E-state index contributed by atoms with van der Waals surface area (Å²) in [5.74, 6) is -0.299. The number of rotatable bonds is 8. The normalized spacial score (nSPS) is 11.9. The van der Waals surface area contributed by atoms with Gasteiger partial charge in [-0.2, -0.15) is 0 Å². The van der Waals surface area contributed by atoms with Crippen LogP contribution < -0.4 is 16.0 Å². The van der Waals surface area contributed by atoms with Crippen LogP contribution in [-0.2, 0) is 9.59 Å². The first-order valence-corrected chi connectivity index (χ1v) is 10.0. The number of anilines is 1. The number of amides is 2. The summed E-state index contributed by atoms with van der Waals surface area (Å²) in [7, 11) is 0. The van der Waals surface area contributed by atoms with Gasteiger partial charge in [0.15, 0.2) is 10.6 Å². The molecule has 1 atom stereocenters. The molecule has 3 rings (SSSR count). The fraction of sp³-hybridized carbons (Fsp3) is 0.190. The van der Waals surface area contributed by atoms with E-state index in [-0.39, 0.29) is 19.0 Å². The van der Waals surface area contributed by atoms with Crippen LogP contribution in [0.1, 0.15) is 11.6 Å². The van der Waals surface area contributed by atoms with E-state index in [0.717, 1.165) is 5.56 Å². The van der Waals surface area contributed by atoms with E-state index in [0.29, 0.717) is 17.0 Å². The largest absolute Gasteiger partial charge is 0.356 e. The summed E-state index contributed by atoms with van der Waals surface area (Å²) in [6, 6.07) is 17.0. The molecule has 7 nitrogen and oxygen atoms in total. The highest BCUT2D eigenvalue weighted by molar-refractivity contribution is 6.54. The van der Waals surface area contributed by atoms with Crippen molar-refractivity contribution >= 4 is 40.7 Å². The molecular formula is C21H20Cl2N4O3. The Morgan fingerprint density at radius 3 is 2.53 bits per heavy atom. The third-order valence-corrected chi connectivity index (χ3v) is 4.78. The van der Waals surface area contributed by atoms with Crippen molar-refractivity contribution in [3.05, 3.63) is 72.4 Å². The fourth-order valence-electron chi connectivity index (χ4n) is 2.89. The summed E-state index contributed by atoms with van der Waals surface area (Å²) in [6.45, 7) is 0.319. The SMILES string of the molecule is NC(C(=O)NCCN(C(=O)C(Cl)Cl)c1cccc(-c2ccno2)c1)c1ccccc1. The lowest BCUT2D eigenvalue weighted by molar-refractivity contribution is -0.122. The van der Waals surface area contributed by atoms with Crippen molar-refractivity contribution in [1.82, 2.24) is 10.5 Å². The van der Waals surface area contributed by atoms with E-state index >= 15 is 0 Å². The second kappa shape index (κ2) is 10.2. The average molecular weight is 447 g/mol. The molecule has 30 heavy (non-hydrogen) atoms. The average Bonchev–Trinajstić information content (AvgIpc) is 3.31. The smallest absolute Gasteiger partial charge is 0.260 e. The summed E-state index contributed by atoms with van der Waals surface area (Å²) in [5, 5.41) is 6.43. The highest BCUT2D eigenvalue weighted by Crippen LogP contribution is 2.25. The van der Waals surface area contributed by atoms with Crippen molar-refractivity contribution in [3.8, 4) is 11.3 Å². The maximum atomic E-state index is 12.6. The molecule has 0 fully saturated rings. The molecule has 0 bridgehead atoms. The second-order valence-corrected chi connectivity index (χ2v) is 7.49. The Hall–Kier alpha value is -2.87. The van der Waals surface area contributed by atoms with E-state index < -0.39 is 16.8 Å². The van der Waals surface area contributed by atoms with Crippen molar-refractivity contribution in [2.24, 2.45) is 5.73 Å². The number of carbonyl (C=O) groups excluding carboxylic acids is 2. The molecule has 9 heteroatoms. The molecule has 0 saturated carbocycles. The zero-order valence-electron chi connectivity index (χ0n) is 15.9. The molecule has 3 N–H and O–H groups in total. The van der Waals surface area contributed by atoms with Gasteiger partial charge in [0.25, 0.3) is 5.91 Å². The number of nitrogens with one attached hydrogen (secondary N) is 1. The lowest BCUT2D eigenvalue weighted by Crippen LogP contribution is -2.43. The highest BCUT2D eigenvalue weighted by atomic mass is 35.5. The van der Waals surface area contributed by atoms with Crippen LogP contribution in [0.5, 0.6) is 0 Å². The maximum absolute atomic E-state index is 12.6. The van der Waals surface area contributed by atoms with Crippen LogP contribution in [0.4, 0.5) is 5.69 Å². The van der Waals surface area contributed by atoms with Gasteiger partial charge in [0, 0.05) is 30.4 Å². The van der Waals surface area contributed by atoms with Gasteiger partial charge in [-0.05, 0) is 17.7 Å². The summed E-state index contributed by atoms with van der Waals surface area (Å²) in [5.41, 5.74) is 7.99. The van der Waals surface area contributed by atoms with Gasteiger partial charge >= 0.3 is 0 Å². The molecule has 0 aliphatic carbocycles. The van der Waals surface area contributed by atoms with E-state index in [9.17, 15) is 9.59 Å². The van der Waals surface area contributed by atoms with E-state index in [1.165, 1.54) is 11.1 Å². The number of nitrogens with two attached hydrogens (primary N) is 1. The Bertz CT molecular complexity index is 981. The van der Waals surface area contributed by atoms with Crippen LogP contribution in [0.2, 0.25) is 0 Å². The van der Waals surface area contributed by atoms with Gasteiger partial charge in [-0.15, -0.1) is 0 Å². The second-order valence-electron chi connectivity index (χ2n) is 6.40. The third kappa shape index (κ3) is 5.38. The lowest BCUT2D eigenvalue weighted by atomic mass is 10.1. The summed E-state index contributed by atoms with van der Waals surface area (Å²) < 4.78 is 5.17. The van der Waals surface area contributed by atoms with Gasteiger partial charge in [0.05, 0.1) is 6.20 Å². The quantitative estimate of drug-likeness (QED) is 0.516. The van der Waals surface area contributed by atoms with Crippen LogP contribution in [0.25, 0.3) is 11.3 Å². The summed E-state index contributed by atoms with van der Waals surface area (Å²) in [4.78, 5) is 25.1. The molecule has 1 unspecified atom stereocenters. The lowest BCUT2D eigenvalue weighted by Gasteiger charge is -2.24. The number of hydrogen-bond donors (Lipinski definition) is 2. The van der Waals surface area contributed by atoms with Gasteiger partial charge in [-0.3, -0.25) is 9.59 Å². The first kappa shape index (κ1) is 21.8. The topological polar surface area (TPSA) is 101 Å². The van der Waals surface area contributed by atoms with Crippen molar-refractivity contribution in [1.29, 1.82) is 0 Å². The number of carbonyl (C=O) groups is 2. The van der Waals surface area contributed by atoms with E-state index in [1.807, 2.05) is 24.3 Å². The number of alkyl halides is 2. The molecule has 0 aliphatic heterocycles. The Balaban J connectivity index is 1.70. The molecule has 1 aromatic heterocycles. The van der Waals surface area contributed by atoms with Crippen LogP contribution in [0, 0.1) is 0 Å². The minimum atomic E-state index is -1.25. The number of aromatic nitrogens is 1. The zero-order valence-corrected chi connectivity index (χ0v) is 17.4. The van der Waals surface area contributed by atoms with Crippen molar-refractivity contribution in [2.45, 2.75) is 10.9 Å². The van der Waals surface area contributed by atoms with Crippen LogP contribution >= 0.6 is 23.2 Å². The molecule has 1 heterocycles. The highest BCUT2D eigenvalue weighted by Gasteiger charge is 2.23. The minimum Gasteiger partial charge on any atom is -0.356 e. The number of benzene rings is 2. The van der Waals surface area contributed by atoms with E-state index in [2.05, 4.69) is 10.5 Å². The Kier molecular flexibility index (Phi) is 7.46. The number of halogens is 2. The van der Waals surface area contributed by atoms with Gasteiger partial charge < -0.3 is 20.5 Å². The molecule has 3 aromatic rings. The maximum Gasteiger partial charge on any atom is 0.260 e. The molecule has 156 valence electrons. The van der Waals surface area contributed by atoms with Crippen LogP contribution in [0.15, 0.2) is 71.4 Å². The number of nitrogens with zero attached hydrogens (tertiary/aromatic N) is 2. The molecule has 2 aromatic carbocycles. The molecule has 0 aliphatic rings. The molecular weight excluding hydrogens is 427 g/mol. The predicted octanol–water partition coefficient (Wildman–Crippen LogP) is 3.29. The summed E-state index contributed by atoms with van der Waals surface area (Å²) >= 11 is 11.6.